The van der Waals surface area contributed by atoms with E-state index in [1.165, 1.54) is 0 Å². The van der Waals surface area contributed by atoms with Gasteiger partial charge in [0.25, 0.3) is 0 Å². The Kier molecular flexibility index (Phi) is 4.97. The number of hydrogen-bond acceptors (Lipinski definition) is 5. The number of carbonyl (C=O) groups is 2. The summed E-state index contributed by atoms with van der Waals surface area (Å²) in [7, 11) is 0. The van der Waals surface area contributed by atoms with Crippen molar-refractivity contribution in [3.63, 3.8) is 0 Å². The molecule has 0 aromatic heterocycles. The van der Waals surface area contributed by atoms with Crippen LogP contribution in [-0.2, 0) is 24.1 Å². The van der Waals surface area contributed by atoms with E-state index in [0.29, 0.717) is 31.2 Å². The van der Waals surface area contributed by atoms with Gasteiger partial charge in [0.05, 0.1) is 0 Å². The van der Waals surface area contributed by atoms with Crippen LogP contribution in [0.1, 0.15) is 71.6 Å². The van der Waals surface area contributed by atoms with Crippen LogP contribution < -0.4 is 0 Å². The minimum atomic E-state index is -0.809. The standard InChI is InChI=1S/C20H31NO6/c1-13-7-8-14-12-16(22)21(11-5-3-4-6-17(23)24)18-20(14)15(13)9-10-19(2,25-18)26-27-20/h13-15,18H,3-12H2,1-2H3,(H,23,24)/t13-,14+,15+,18?,19-,20+/m1/s1. The van der Waals surface area contributed by atoms with E-state index in [4.69, 9.17) is 19.6 Å². The van der Waals surface area contributed by atoms with Crippen molar-refractivity contribution < 1.29 is 29.2 Å². The van der Waals surface area contributed by atoms with E-state index in [9.17, 15) is 9.59 Å². The van der Waals surface area contributed by atoms with Crippen molar-refractivity contribution in [2.45, 2.75) is 89.3 Å². The highest BCUT2D eigenvalue weighted by atomic mass is 17.3. The van der Waals surface area contributed by atoms with Gasteiger partial charge in [0.1, 0.15) is 0 Å². The first-order chi connectivity index (χ1) is 12.9. The molecule has 5 aliphatic rings. The third-order valence-corrected chi connectivity index (χ3v) is 7.21. The summed E-state index contributed by atoms with van der Waals surface area (Å²) in [4.78, 5) is 37.4. The average Bonchev–Trinajstić information content (AvgIpc) is 2.85. The van der Waals surface area contributed by atoms with Crippen molar-refractivity contribution in [2.75, 3.05) is 6.54 Å². The van der Waals surface area contributed by atoms with Crippen LogP contribution in [0.3, 0.4) is 0 Å². The number of carbonyl (C=O) groups excluding carboxylic acids is 1. The van der Waals surface area contributed by atoms with Crippen molar-refractivity contribution >= 4 is 11.9 Å². The summed E-state index contributed by atoms with van der Waals surface area (Å²) in [5.74, 6) is -0.469. The first-order valence-electron chi connectivity index (χ1n) is 10.4. The molecule has 6 atom stereocenters. The Balaban J connectivity index is 1.55. The van der Waals surface area contributed by atoms with Crippen LogP contribution in [0.5, 0.6) is 0 Å². The third kappa shape index (κ3) is 3.17. The lowest BCUT2D eigenvalue weighted by Gasteiger charge is -2.60. The van der Waals surface area contributed by atoms with Crippen molar-refractivity contribution in [3.8, 4) is 0 Å². The number of amides is 1. The number of likely N-dealkylation sites (tertiary alicyclic amines) is 1. The monoisotopic (exact) mass is 381 g/mol. The van der Waals surface area contributed by atoms with Crippen LogP contribution in [0.15, 0.2) is 0 Å². The number of fused-ring (bicyclic) bond motifs is 2. The van der Waals surface area contributed by atoms with Gasteiger partial charge in [0.15, 0.2) is 11.8 Å². The summed E-state index contributed by atoms with van der Waals surface area (Å²) in [6.07, 6.45) is 6.30. The zero-order chi connectivity index (χ0) is 19.2. The number of nitrogens with zero attached hydrogens (tertiary/aromatic N) is 1. The van der Waals surface area contributed by atoms with Gasteiger partial charge in [-0.2, -0.15) is 0 Å². The van der Waals surface area contributed by atoms with Gasteiger partial charge in [-0.15, -0.1) is 0 Å². The molecule has 5 fully saturated rings. The predicted molar refractivity (Wildman–Crippen MR) is 95.2 cm³/mol. The summed E-state index contributed by atoms with van der Waals surface area (Å²) in [5, 5.41) is 8.79. The third-order valence-electron chi connectivity index (χ3n) is 7.21. The molecule has 2 bridgehead atoms. The molecule has 0 aromatic rings. The highest BCUT2D eigenvalue weighted by Gasteiger charge is 2.68. The molecule has 1 amide bonds. The molecule has 0 aromatic carbocycles. The molecule has 5 rings (SSSR count). The molecule has 27 heavy (non-hydrogen) atoms. The minimum Gasteiger partial charge on any atom is -0.481 e. The largest absolute Gasteiger partial charge is 0.481 e. The predicted octanol–water partition coefficient (Wildman–Crippen LogP) is 3.08. The fraction of sp³-hybridized carbons (Fsp3) is 0.900. The van der Waals surface area contributed by atoms with Gasteiger partial charge in [-0.1, -0.05) is 13.3 Å². The quantitative estimate of drug-likeness (QED) is 0.562. The van der Waals surface area contributed by atoms with Crippen LogP contribution in [0.4, 0.5) is 0 Å². The molecule has 1 N–H and O–H groups in total. The second-order valence-electron chi connectivity index (χ2n) is 9.02. The first kappa shape index (κ1) is 19.2. The number of ether oxygens (including phenoxy) is 1. The molecule has 1 aliphatic carbocycles. The maximum atomic E-state index is 12.9. The molecule has 152 valence electrons. The molecule has 7 heteroatoms. The van der Waals surface area contributed by atoms with Crippen LogP contribution in [-0.4, -0.2) is 46.0 Å². The van der Waals surface area contributed by atoms with E-state index in [-0.39, 0.29) is 18.2 Å². The van der Waals surface area contributed by atoms with Crippen LogP contribution in [0.2, 0.25) is 0 Å². The zero-order valence-electron chi connectivity index (χ0n) is 16.3. The summed E-state index contributed by atoms with van der Waals surface area (Å²) in [6.45, 7) is 4.77. The van der Waals surface area contributed by atoms with Gasteiger partial charge in [-0.25, -0.2) is 9.78 Å². The number of unbranched alkanes of at least 4 members (excludes halogenated alkanes) is 2. The Labute approximate surface area is 160 Å². The zero-order valence-corrected chi connectivity index (χ0v) is 16.3. The van der Waals surface area contributed by atoms with Crippen molar-refractivity contribution in [1.82, 2.24) is 4.90 Å². The maximum Gasteiger partial charge on any atom is 0.303 e. The summed E-state index contributed by atoms with van der Waals surface area (Å²) < 4.78 is 6.42. The Morgan fingerprint density at radius 2 is 2.04 bits per heavy atom. The van der Waals surface area contributed by atoms with Gasteiger partial charge < -0.3 is 14.7 Å². The lowest BCUT2D eigenvalue weighted by Crippen LogP contribution is -2.73. The van der Waals surface area contributed by atoms with Crippen molar-refractivity contribution in [3.05, 3.63) is 0 Å². The summed E-state index contributed by atoms with van der Waals surface area (Å²) in [5.41, 5.74) is -0.567. The highest BCUT2D eigenvalue weighted by Crippen LogP contribution is 2.59. The fourth-order valence-corrected chi connectivity index (χ4v) is 5.74. The number of carboxylic acid groups (broad SMARTS) is 1. The van der Waals surface area contributed by atoms with E-state index in [1.807, 2.05) is 11.8 Å². The topological polar surface area (TPSA) is 85.3 Å². The molecule has 1 spiro atoms. The van der Waals surface area contributed by atoms with Gasteiger partial charge in [0, 0.05) is 31.7 Å². The molecule has 4 saturated heterocycles. The van der Waals surface area contributed by atoms with E-state index >= 15 is 0 Å². The molecule has 7 nitrogen and oxygen atoms in total. The molecule has 0 radical (unpaired) electrons. The SMILES string of the molecule is C[C@@H]1CC[C@H]2CC(=O)N(CCCCCC(=O)O)C3O[C@@]4(C)CC[C@@H]1[C@]32OO4. The Morgan fingerprint density at radius 1 is 1.22 bits per heavy atom. The minimum absolute atomic E-state index is 0.127. The Morgan fingerprint density at radius 3 is 2.81 bits per heavy atom. The lowest BCUT2D eigenvalue weighted by molar-refractivity contribution is -0.546. The van der Waals surface area contributed by atoms with Gasteiger partial charge in [0.2, 0.25) is 11.7 Å². The molecular formula is C20H31NO6. The molecule has 1 saturated carbocycles. The van der Waals surface area contributed by atoms with Crippen LogP contribution >= 0.6 is 0 Å². The molecular weight excluding hydrogens is 350 g/mol. The maximum absolute atomic E-state index is 12.9. The first-order valence-corrected chi connectivity index (χ1v) is 10.4. The lowest BCUT2D eigenvalue weighted by atomic mass is 9.59. The molecule has 1 unspecified atom stereocenters. The summed E-state index contributed by atoms with van der Waals surface area (Å²) in [6, 6.07) is 0. The number of hydrogen-bond donors (Lipinski definition) is 1. The number of piperidine rings is 1. The van der Waals surface area contributed by atoms with E-state index in [2.05, 4.69) is 6.92 Å². The van der Waals surface area contributed by atoms with Crippen LogP contribution in [0, 0.1) is 17.8 Å². The number of aliphatic carboxylic acids is 1. The van der Waals surface area contributed by atoms with Crippen molar-refractivity contribution in [2.24, 2.45) is 17.8 Å². The molecule has 4 heterocycles. The van der Waals surface area contributed by atoms with E-state index < -0.39 is 23.6 Å². The van der Waals surface area contributed by atoms with Gasteiger partial charge in [-0.05, 0) is 50.9 Å². The number of carboxylic acids is 1. The second-order valence-corrected chi connectivity index (χ2v) is 9.02. The molecule has 4 aliphatic heterocycles. The van der Waals surface area contributed by atoms with Crippen LogP contribution in [0.25, 0.3) is 0 Å². The van der Waals surface area contributed by atoms with Gasteiger partial charge in [-0.3, -0.25) is 9.59 Å². The fourth-order valence-electron chi connectivity index (χ4n) is 5.74. The smallest absolute Gasteiger partial charge is 0.303 e. The Hall–Kier alpha value is -1.18. The summed E-state index contributed by atoms with van der Waals surface area (Å²) >= 11 is 0. The van der Waals surface area contributed by atoms with Crippen molar-refractivity contribution in [1.29, 1.82) is 0 Å². The highest BCUT2D eigenvalue weighted by molar-refractivity contribution is 5.78. The van der Waals surface area contributed by atoms with E-state index in [0.717, 1.165) is 38.5 Å². The normalized spacial score (nSPS) is 43.3. The number of rotatable bonds is 6. The second kappa shape index (κ2) is 7.01. The van der Waals surface area contributed by atoms with E-state index in [1.54, 1.807) is 0 Å². The average molecular weight is 381 g/mol. The Bertz CT molecular complexity index is 607. The van der Waals surface area contributed by atoms with Gasteiger partial charge >= 0.3 is 5.97 Å².